The zero-order chi connectivity index (χ0) is 25.2. The van der Waals surface area contributed by atoms with Gasteiger partial charge in [-0.15, -0.1) is 0 Å². The minimum atomic E-state index is -4.08. The molecule has 0 amide bonds. The van der Waals surface area contributed by atoms with E-state index in [4.69, 9.17) is 4.18 Å². The van der Waals surface area contributed by atoms with Crippen LogP contribution in [0.4, 0.5) is 5.82 Å². The van der Waals surface area contributed by atoms with E-state index in [2.05, 4.69) is 25.5 Å². The summed E-state index contributed by atoms with van der Waals surface area (Å²) in [7, 11) is -2.91. The van der Waals surface area contributed by atoms with E-state index in [9.17, 15) is 23.4 Å². The number of aromatic nitrogens is 6. The molecule has 3 heterocycles. The highest BCUT2D eigenvalue weighted by Gasteiger charge is 2.44. The van der Waals surface area contributed by atoms with Gasteiger partial charge in [0.25, 0.3) is 0 Å². The number of hydrogen-bond acceptors (Lipinski definition) is 11. The molecule has 188 valence electrons. The first-order valence-electron chi connectivity index (χ1n) is 10.8. The summed E-state index contributed by atoms with van der Waals surface area (Å²) in [6.07, 6.45) is 2.02. The van der Waals surface area contributed by atoms with E-state index >= 15 is 0 Å². The first-order valence-corrected chi connectivity index (χ1v) is 12.2. The van der Waals surface area contributed by atoms with E-state index in [1.54, 1.807) is 21.6 Å². The van der Waals surface area contributed by atoms with Crippen LogP contribution in [-0.2, 0) is 27.6 Å². The number of carbonyl (C=O) groups excluding carboxylic acids is 1. The van der Waals surface area contributed by atoms with E-state index in [-0.39, 0.29) is 23.5 Å². The molecule has 1 aliphatic carbocycles. The highest BCUT2D eigenvalue weighted by atomic mass is 32.2. The molecule has 35 heavy (non-hydrogen) atoms. The third kappa shape index (κ3) is 5.71. The Morgan fingerprint density at radius 1 is 1.17 bits per heavy atom. The Kier molecular flexibility index (Phi) is 7.23. The SMILES string of the molecule is CNS(=O)(=O)O[C@@H]1C[C@@H](Nc2ncncc2C(=O)c2ccn(CCn3ccc(C)n3)n2)[C@H](O)[C@H]1O. The topological polar surface area (TPSA) is 186 Å². The Hall–Kier alpha value is -3.24. The molecule has 4 atom stereocenters. The smallest absolute Gasteiger partial charge is 0.335 e. The van der Waals surface area contributed by atoms with Gasteiger partial charge in [-0.2, -0.15) is 23.3 Å². The fraction of sp³-hybridized carbons (Fsp3) is 0.450. The van der Waals surface area contributed by atoms with Gasteiger partial charge in [-0.25, -0.2) is 9.97 Å². The highest BCUT2D eigenvalue weighted by Crippen LogP contribution is 2.28. The van der Waals surface area contributed by atoms with Crippen LogP contribution < -0.4 is 10.0 Å². The van der Waals surface area contributed by atoms with Crippen molar-refractivity contribution >= 4 is 21.9 Å². The molecule has 14 nitrogen and oxygen atoms in total. The number of aliphatic hydroxyl groups is 2. The lowest BCUT2D eigenvalue weighted by atomic mass is 10.1. The van der Waals surface area contributed by atoms with Crippen LogP contribution in [-0.4, -0.2) is 85.3 Å². The molecule has 1 saturated carbocycles. The van der Waals surface area contributed by atoms with Crippen molar-refractivity contribution in [3.63, 3.8) is 0 Å². The van der Waals surface area contributed by atoms with E-state index in [1.807, 2.05) is 23.9 Å². The Labute approximate surface area is 201 Å². The minimum Gasteiger partial charge on any atom is -0.388 e. The van der Waals surface area contributed by atoms with Crippen molar-refractivity contribution in [1.82, 2.24) is 34.3 Å². The third-order valence-corrected chi connectivity index (χ3v) is 6.61. The number of anilines is 1. The van der Waals surface area contributed by atoms with Gasteiger partial charge >= 0.3 is 10.3 Å². The molecule has 0 aromatic carbocycles. The molecule has 0 spiro atoms. The van der Waals surface area contributed by atoms with Crippen LogP contribution in [0.25, 0.3) is 0 Å². The van der Waals surface area contributed by atoms with Gasteiger partial charge in [0.1, 0.15) is 36.2 Å². The van der Waals surface area contributed by atoms with Crippen molar-refractivity contribution in [2.45, 2.75) is 50.8 Å². The molecule has 0 bridgehead atoms. The summed E-state index contributed by atoms with van der Waals surface area (Å²) < 4.78 is 33.7. The Morgan fingerprint density at radius 2 is 1.89 bits per heavy atom. The van der Waals surface area contributed by atoms with Gasteiger partial charge in [0, 0.05) is 32.1 Å². The number of carbonyl (C=O) groups is 1. The average molecular weight is 507 g/mol. The number of nitrogens with zero attached hydrogens (tertiary/aromatic N) is 6. The molecule has 4 N–H and O–H groups in total. The number of aliphatic hydroxyl groups excluding tert-OH is 2. The number of ketones is 1. The van der Waals surface area contributed by atoms with Crippen molar-refractivity contribution in [2.75, 3.05) is 12.4 Å². The molecule has 3 aromatic rings. The van der Waals surface area contributed by atoms with E-state index in [1.165, 1.54) is 19.6 Å². The Morgan fingerprint density at radius 3 is 2.57 bits per heavy atom. The zero-order valence-corrected chi connectivity index (χ0v) is 19.8. The third-order valence-electron chi connectivity index (χ3n) is 5.61. The second-order valence-electron chi connectivity index (χ2n) is 8.06. The normalized spacial score (nSPS) is 22.4. The van der Waals surface area contributed by atoms with E-state index in [0.29, 0.717) is 13.1 Å². The highest BCUT2D eigenvalue weighted by molar-refractivity contribution is 7.84. The van der Waals surface area contributed by atoms with Crippen LogP contribution in [0, 0.1) is 6.92 Å². The lowest BCUT2D eigenvalue weighted by molar-refractivity contribution is -0.00882. The molecule has 1 fully saturated rings. The van der Waals surface area contributed by atoms with Gasteiger partial charge in [0.15, 0.2) is 0 Å². The quantitative estimate of drug-likeness (QED) is 0.244. The molecule has 0 radical (unpaired) electrons. The lowest BCUT2D eigenvalue weighted by Gasteiger charge is -2.19. The van der Waals surface area contributed by atoms with Crippen LogP contribution in [0.1, 0.15) is 28.2 Å². The standard InChI is InChI=1S/C20H26N8O6S/c1-12-3-5-27(25-12)7-8-28-6-4-14(26-28)17(29)13-10-22-11-23-20(13)24-15-9-16(19(31)18(15)30)34-35(32,33)21-2/h3-6,10-11,15-16,18-19,21,30-31H,7-9H2,1-2H3,(H,22,23,24)/t15-,16-,18+,19+/m1/s1. The lowest BCUT2D eigenvalue weighted by Crippen LogP contribution is -2.38. The monoisotopic (exact) mass is 506 g/mol. The summed E-state index contributed by atoms with van der Waals surface area (Å²) in [5.41, 5.74) is 1.19. The fourth-order valence-electron chi connectivity index (χ4n) is 3.76. The van der Waals surface area contributed by atoms with Crippen molar-refractivity contribution in [1.29, 1.82) is 0 Å². The molecule has 0 saturated heterocycles. The van der Waals surface area contributed by atoms with Crippen molar-refractivity contribution in [3.05, 3.63) is 54.0 Å². The largest absolute Gasteiger partial charge is 0.388 e. The number of hydrogen-bond donors (Lipinski definition) is 4. The van der Waals surface area contributed by atoms with Crippen molar-refractivity contribution in [2.24, 2.45) is 0 Å². The second kappa shape index (κ2) is 10.2. The summed E-state index contributed by atoms with van der Waals surface area (Å²) in [6.45, 7) is 2.99. The number of nitrogens with one attached hydrogen (secondary N) is 2. The fourth-order valence-corrected chi connectivity index (χ4v) is 4.38. The summed E-state index contributed by atoms with van der Waals surface area (Å²) in [4.78, 5) is 21.1. The van der Waals surface area contributed by atoms with Gasteiger partial charge < -0.3 is 15.5 Å². The van der Waals surface area contributed by atoms with Gasteiger partial charge in [0.05, 0.1) is 30.4 Å². The Balaban J connectivity index is 1.45. The van der Waals surface area contributed by atoms with E-state index in [0.717, 1.165) is 5.69 Å². The Bertz CT molecular complexity index is 1290. The molecular weight excluding hydrogens is 480 g/mol. The average Bonchev–Trinajstić information content (AvgIpc) is 3.54. The van der Waals surface area contributed by atoms with Crippen LogP contribution in [0.3, 0.4) is 0 Å². The zero-order valence-electron chi connectivity index (χ0n) is 19.0. The summed E-state index contributed by atoms with van der Waals surface area (Å²) in [5.74, 6) is -0.333. The summed E-state index contributed by atoms with van der Waals surface area (Å²) in [6, 6.07) is 2.64. The first kappa shape index (κ1) is 24.9. The van der Waals surface area contributed by atoms with Crippen LogP contribution in [0.5, 0.6) is 0 Å². The molecule has 0 unspecified atom stereocenters. The van der Waals surface area contributed by atoms with Crippen LogP contribution in [0.15, 0.2) is 37.1 Å². The van der Waals surface area contributed by atoms with Gasteiger partial charge in [-0.05, 0) is 19.1 Å². The molecule has 1 aliphatic rings. The molecule has 0 aliphatic heterocycles. The minimum absolute atomic E-state index is 0.0532. The second-order valence-corrected chi connectivity index (χ2v) is 9.57. The number of rotatable bonds is 10. The summed E-state index contributed by atoms with van der Waals surface area (Å²) >= 11 is 0. The van der Waals surface area contributed by atoms with Gasteiger partial charge in [0.2, 0.25) is 5.78 Å². The maximum atomic E-state index is 13.1. The van der Waals surface area contributed by atoms with Crippen LogP contribution in [0.2, 0.25) is 0 Å². The predicted octanol–water partition coefficient (Wildman–Crippen LogP) is -1.14. The molecule has 15 heteroatoms. The predicted molar refractivity (Wildman–Crippen MR) is 122 cm³/mol. The maximum Gasteiger partial charge on any atom is 0.335 e. The van der Waals surface area contributed by atoms with E-state index < -0.39 is 40.4 Å². The van der Waals surface area contributed by atoms with Crippen molar-refractivity contribution < 1.29 is 27.6 Å². The molecule has 4 rings (SSSR count). The van der Waals surface area contributed by atoms with Crippen LogP contribution >= 0.6 is 0 Å². The first-order chi connectivity index (χ1) is 16.7. The molecule has 3 aromatic heterocycles. The summed E-state index contributed by atoms with van der Waals surface area (Å²) in [5, 5.41) is 32.2. The molecular formula is C20H26N8O6S. The van der Waals surface area contributed by atoms with Crippen molar-refractivity contribution in [3.8, 4) is 0 Å². The maximum absolute atomic E-state index is 13.1. The van der Waals surface area contributed by atoms with Gasteiger partial charge in [-0.3, -0.25) is 18.3 Å². The number of aryl methyl sites for hydroxylation is 3. The van der Waals surface area contributed by atoms with Gasteiger partial charge in [-0.1, -0.05) is 0 Å².